The number of amides is 2. The monoisotopic (exact) mass is 336 g/mol. The smallest absolute Gasteiger partial charge is 0.319 e. The molecule has 0 unspecified atom stereocenters. The van der Waals surface area contributed by atoms with Gasteiger partial charge < -0.3 is 10.6 Å². The van der Waals surface area contributed by atoms with Gasteiger partial charge in [-0.15, -0.1) is 0 Å². The van der Waals surface area contributed by atoms with Crippen LogP contribution in [0.5, 0.6) is 0 Å². The van der Waals surface area contributed by atoms with Gasteiger partial charge in [-0.1, -0.05) is 17.7 Å². The predicted molar refractivity (Wildman–Crippen MR) is 84.7 cm³/mol. The van der Waals surface area contributed by atoms with Crippen LogP contribution in [-0.4, -0.2) is 27.9 Å². The van der Waals surface area contributed by atoms with Gasteiger partial charge in [-0.05, 0) is 25.5 Å². The van der Waals surface area contributed by atoms with Crippen molar-refractivity contribution in [3.05, 3.63) is 47.5 Å². The van der Waals surface area contributed by atoms with Crippen LogP contribution in [0, 0.1) is 13.8 Å². The van der Waals surface area contributed by atoms with Crippen LogP contribution in [0.25, 0.3) is 0 Å². The third-order valence-corrected chi connectivity index (χ3v) is 3.43. The molecule has 0 aliphatic heterocycles. The number of nitrogens with zero attached hydrogens (tertiary/aromatic N) is 2. The van der Waals surface area contributed by atoms with Crippen LogP contribution in [-0.2, 0) is 16.0 Å². The molecule has 0 spiro atoms. The van der Waals surface area contributed by atoms with Crippen LogP contribution in [0.4, 0.5) is 14.5 Å². The number of hydrogen-bond donors (Lipinski definition) is 2. The Bertz CT molecular complexity index is 743. The number of aromatic nitrogens is 2. The van der Waals surface area contributed by atoms with Crippen molar-refractivity contribution in [2.24, 2.45) is 0 Å². The zero-order valence-electron chi connectivity index (χ0n) is 13.3. The molecular weight excluding hydrogens is 318 g/mol. The average molecular weight is 336 g/mol. The number of anilines is 1. The molecule has 0 fully saturated rings. The molecule has 2 amide bonds. The summed E-state index contributed by atoms with van der Waals surface area (Å²) in [6.45, 7) is 1.09. The molecule has 0 aliphatic rings. The van der Waals surface area contributed by atoms with Gasteiger partial charge in [0.05, 0.1) is 0 Å². The summed E-state index contributed by atoms with van der Waals surface area (Å²) in [5.74, 6) is -1.50. The molecule has 0 aliphatic carbocycles. The second-order valence-electron chi connectivity index (χ2n) is 5.31. The molecule has 2 N–H and O–H groups in total. The molecule has 128 valence electrons. The molecule has 0 saturated heterocycles. The first kappa shape index (κ1) is 17.6. The summed E-state index contributed by atoms with van der Waals surface area (Å²) in [4.78, 5) is 27.4. The van der Waals surface area contributed by atoms with Crippen LogP contribution in [0.3, 0.4) is 0 Å². The zero-order chi connectivity index (χ0) is 17.7. The topological polar surface area (TPSA) is 76.0 Å². The number of carbonyl (C=O) groups is 2. The van der Waals surface area contributed by atoms with Crippen molar-refractivity contribution in [2.75, 3.05) is 11.9 Å². The average Bonchev–Trinajstić information content (AvgIpc) is 2.98. The lowest BCUT2D eigenvalue weighted by Gasteiger charge is -2.10. The Hall–Kier alpha value is -2.77. The van der Waals surface area contributed by atoms with Gasteiger partial charge in [-0.2, -0.15) is 8.78 Å². The second kappa shape index (κ2) is 7.67. The normalized spacial score (nSPS) is 10.7. The number of aryl methyl sites for hydroxylation is 2. The van der Waals surface area contributed by atoms with Crippen LogP contribution in [0.1, 0.15) is 23.5 Å². The maximum atomic E-state index is 12.7. The highest BCUT2D eigenvalue weighted by molar-refractivity contribution is 6.39. The van der Waals surface area contributed by atoms with E-state index in [2.05, 4.69) is 15.6 Å². The molecule has 0 bridgehead atoms. The van der Waals surface area contributed by atoms with Gasteiger partial charge >= 0.3 is 18.4 Å². The Morgan fingerprint density at radius 3 is 2.67 bits per heavy atom. The highest BCUT2D eigenvalue weighted by Gasteiger charge is 2.15. The van der Waals surface area contributed by atoms with Crippen molar-refractivity contribution in [1.82, 2.24) is 14.9 Å². The predicted octanol–water partition coefficient (Wildman–Crippen LogP) is 2.19. The third-order valence-electron chi connectivity index (χ3n) is 3.43. The summed E-state index contributed by atoms with van der Waals surface area (Å²) in [5.41, 5.74) is 2.44. The van der Waals surface area contributed by atoms with Gasteiger partial charge in [-0.3, -0.25) is 14.2 Å². The van der Waals surface area contributed by atoms with Crippen molar-refractivity contribution < 1.29 is 18.4 Å². The van der Waals surface area contributed by atoms with Gasteiger partial charge in [0.15, 0.2) is 0 Å². The van der Waals surface area contributed by atoms with Gasteiger partial charge in [0.2, 0.25) is 0 Å². The van der Waals surface area contributed by atoms with E-state index in [0.29, 0.717) is 10.3 Å². The summed E-state index contributed by atoms with van der Waals surface area (Å²) in [6.07, 6.45) is 2.52. The number of imidazole rings is 1. The lowest BCUT2D eigenvalue weighted by atomic mass is 10.1. The van der Waals surface area contributed by atoms with Gasteiger partial charge in [0, 0.05) is 31.0 Å². The highest BCUT2D eigenvalue weighted by atomic mass is 19.3. The minimum atomic E-state index is -2.69. The quantitative estimate of drug-likeness (QED) is 0.822. The van der Waals surface area contributed by atoms with E-state index in [-0.39, 0.29) is 18.8 Å². The van der Waals surface area contributed by atoms with Gasteiger partial charge in [0.25, 0.3) is 0 Å². The summed E-state index contributed by atoms with van der Waals surface area (Å²) in [7, 11) is 0. The fourth-order valence-corrected chi connectivity index (χ4v) is 2.22. The summed E-state index contributed by atoms with van der Waals surface area (Å²) in [5, 5.41) is 4.91. The van der Waals surface area contributed by atoms with Crippen molar-refractivity contribution >= 4 is 17.5 Å². The van der Waals surface area contributed by atoms with Gasteiger partial charge in [-0.25, -0.2) is 4.98 Å². The first-order chi connectivity index (χ1) is 11.4. The molecule has 0 saturated carbocycles. The van der Waals surface area contributed by atoms with Crippen LogP contribution in [0.2, 0.25) is 0 Å². The molecule has 1 aromatic carbocycles. The minimum Gasteiger partial charge on any atom is -0.347 e. The molecule has 6 nitrogen and oxygen atoms in total. The molecule has 24 heavy (non-hydrogen) atoms. The van der Waals surface area contributed by atoms with Crippen LogP contribution < -0.4 is 10.6 Å². The van der Waals surface area contributed by atoms with Crippen LogP contribution >= 0.6 is 0 Å². The number of carbonyl (C=O) groups excluding carboxylic acids is 2. The zero-order valence-corrected chi connectivity index (χ0v) is 13.3. The number of benzene rings is 1. The summed E-state index contributed by atoms with van der Waals surface area (Å²) < 4.78 is 26.0. The largest absolute Gasteiger partial charge is 0.347 e. The van der Waals surface area contributed by atoms with Crippen molar-refractivity contribution in [2.45, 2.75) is 26.8 Å². The van der Waals surface area contributed by atoms with Crippen molar-refractivity contribution in [3.8, 4) is 0 Å². The first-order valence-corrected chi connectivity index (χ1v) is 7.34. The van der Waals surface area contributed by atoms with E-state index in [1.54, 1.807) is 6.07 Å². The molecule has 2 rings (SSSR count). The maximum Gasteiger partial charge on any atom is 0.319 e. The summed E-state index contributed by atoms with van der Waals surface area (Å²) >= 11 is 0. The Labute approximate surface area is 137 Å². The van der Waals surface area contributed by atoms with E-state index in [9.17, 15) is 18.4 Å². The fraction of sp³-hybridized carbons (Fsp3) is 0.312. The Morgan fingerprint density at radius 1 is 1.25 bits per heavy atom. The number of hydrogen-bond acceptors (Lipinski definition) is 3. The van der Waals surface area contributed by atoms with E-state index in [4.69, 9.17) is 0 Å². The molecule has 1 heterocycles. The molecule has 0 radical (unpaired) electrons. The molecule has 2 aromatic rings. The lowest BCUT2D eigenvalue weighted by Crippen LogP contribution is -2.36. The van der Waals surface area contributed by atoms with Gasteiger partial charge in [0.1, 0.15) is 5.82 Å². The number of alkyl halides is 2. The maximum absolute atomic E-state index is 12.7. The van der Waals surface area contributed by atoms with E-state index in [1.165, 1.54) is 6.20 Å². The molecule has 0 atom stereocenters. The lowest BCUT2D eigenvalue weighted by molar-refractivity contribution is -0.136. The van der Waals surface area contributed by atoms with Crippen LogP contribution in [0.15, 0.2) is 30.6 Å². The fourth-order valence-electron chi connectivity index (χ4n) is 2.22. The van der Waals surface area contributed by atoms with E-state index in [1.807, 2.05) is 26.0 Å². The van der Waals surface area contributed by atoms with E-state index in [0.717, 1.165) is 17.3 Å². The number of nitrogens with one attached hydrogen (secondary N) is 2. The number of halogens is 2. The third kappa shape index (κ3) is 4.37. The summed E-state index contributed by atoms with van der Waals surface area (Å²) in [6, 6.07) is 5.43. The number of rotatable bonds is 5. The second-order valence-corrected chi connectivity index (χ2v) is 5.31. The van der Waals surface area contributed by atoms with E-state index >= 15 is 0 Å². The first-order valence-electron chi connectivity index (χ1n) is 7.34. The Morgan fingerprint density at radius 2 is 2.00 bits per heavy atom. The Kier molecular flexibility index (Phi) is 5.62. The molecule has 8 heteroatoms. The van der Waals surface area contributed by atoms with Crippen molar-refractivity contribution in [3.63, 3.8) is 0 Å². The molecular formula is C16H18F2N4O2. The minimum absolute atomic E-state index is 0.0306. The Balaban J connectivity index is 1.86. The SMILES string of the molecule is Cc1ccc(NC(=O)C(=O)NCCc2nccn2C(F)F)c(C)c1. The highest BCUT2D eigenvalue weighted by Crippen LogP contribution is 2.16. The molecule has 1 aromatic heterocycles. The standard InChI is InChI=1S/C16H18F2N4O2/c1-10-3-4-12(11(2)9-10)21-15(24)14(23)20-6-5-13-19-7-8-22(13)16(17)18/h3-4,7-9,16H,5-6H2,1-2H3,(H,20,23)(H,21,24). The van der Waals surface area contributed by atoms with E-state index < -0.39 is 18.4 Å². The van der Waals surface area contributed by atoms with Crippen molar-refractivity contribution in [1.29, 1.82) is 0 Å².